The smallest absolute Gasteiger partial charge is 0.166 e. The monoisotopic (exact) mass is 315 g/mol. The Kier molecular flexibility index (Phi) is 5.84. The van der Waals surface area contributed by atoms with E-state index in [9.17, 15) is 5.26 Å². The van der Waals surface area contributed by atoms with Gasteiger partial charge in [0.25, 0.3) is 0 Å². The summed E-state index contributed by atoms with van der Waals surface area (Å²) in [6, 6.07) is 2.27. The second-order valence-corrected chi connectivity index (χ2v) is 5.87. The Bertz CT molecular complexity index is 672. The van der Waals surface area contributed by atoms with Gasteiger partial charge in [-0.25, -0.2) is 4.98 Å². The molecular weight excluding hydrogens is 294 g/mol. The molecular formula is C16H21N5S. The standard InChI is InChI=1S/C16H21N5S/c1-4-12-13(9-17)16(21-20-14(12)5-2)18-8-7-11-10-22-15(6-3)19-11/h10H,4-8H2,1-3H3,(H,18,21). The van der Waals surface area contributed by atoms with Crippen molar-refractivity contribution in [3.63, 3.8) is 0 Å². The third kappa shape index (κ3) is 3.60. The van der Waals surface area contributed by atoms with Crippen LogP contribution in [0.15, 0.2) is 5.38 Å². The molecule has 0 spiro atoms. The molecule has 0 radical (unpaired) electrons. The van der Waals surface area contributed by atoms with Crippen LogP contribution in [0.4, 0.5) is 5.82 Å². The molecule has 0 aromatic carbocycles. The quantitative estimate of drug-likeness (QED) is 0.849. The Hall–Kier alpha value is -2.00. The Morgan fingerprint density at radius 1 is 1.18 bits per heavy atom. The van der Waals surface area contributed by atoms with Gasteiger partial charge in [0.2, 0.25) is 0 Å². The van der Waals surface area contributed by atoms with E-state index in [0.29, 0.717) is 17.9 Å². The Morgan fingerprint density at radius 3 is 2.59 bits per heavy atom. The molecule has 0 aliphatic rings. The lowest BCUT2D eigenvalue weighted by molar-refractivity contribution is 0.862. The zero-order valence-electron chi connectivity index (χ0n) is 13.3. The van der Waals surface area contributed by atoms with Crippen LogP contribution in [-0.2, 0) is 25.7 Å². The number of nitriles is 1. The van der Waals surface area contributed by atoms with Crippen LogP contribution in [0.5, 0.6) is 0 Å². The van der Waals surface area contributed by atoms with Gasteiger partial charge in [0.15, 0.2) is 5.82 Å². The van der Waals surface area contributed by atoms with Crippen molar-refractivity contribution in [2.24, 2.45) is 0 Å². The van der Waals surface area contributed by atoms with Crippen molar-refractivity contribution in [2.75, 3.05) is 11.9 Å². The van der Waals surface area contributed by atoms with Gasteiger partial charge in [0, 0.05) is 18.3 Å². The van der Waals surface area contributed by atoms with E-state index in [0.717, 1.165) is 47.6 Å². The average Bonchev–Trinajstić information content (AvgIpc) is 3.02. The van der Waals surface area contributed by atoms with E-state index in [-0.39, 0.29) is 0 Å². The Labute approximate surface area is 135 Å². The summed E-state index contributed by atoms with van der Waals surface area (Å²) in [7, 11) is 0. The van der Waals surface area contributed by atoms with Gasteiger partial charge in [0.05, 0.1) is 16.4 Å². The van der Waals surface area contributed by atoms with Crippen molar-refractivity contribution in [3.05, 3.63) is 32.9 Å². The highest BCUT2D eigenvalue weighted by molar-refractivity contribution is 7.09. The van der Waals surface area contributed by atoms with E-state index >= 15 is 0 Å². The average molecular weight is 315 g/mol. The third-order valence-corrected chi connectivity index (χ3v) is 4.58. The number of nitrogens with zero attached hydrogens (tertiary/aromatic N) is 4. The third-order valence-electron chi connectivity index (χ3n) is 3.53. The maximum Gasteiger partial charge on any atom is 0.166 e. The molecule has 6 heteroatoms. The molecule has 0 saturated carbocycles. The first-order valence-corrected chi connectivity index (χ1v) is 8.57. The molecule has 1 N–H and O–H groups in total. The predicted octanol–water partition coefficient (Wildman–Crippen LogP) is 3.15. The molecule has 0 bridgehead atoms. The summed E-state index contributed by atoms with van der Waals surface area (Å²) in [6.45, 7) is 6.88. The second kappa shape index (κ2) is 7.85. The van der Waals surface area contributed by atoms with Gasteiger partial charge in [-0.3, -0.25) is 0 Å². The van der Waals surface area contributed by atoms with Gasteiger partial charge in [-0.1, -0.05) is 20.8 Å². The highest BCUT2D eigenvalue weighted by Crippen LogP contribution is 2.20. The predicted molar refractivity (Wildman–Crippen MR) is 89.2 cm³/mol. The topological polar surface area (TPSA) is 74.5 Å². The molecule has 2 rings (SSSR count). The zero-order chi connectivity index (χ0) is 15.9. The second-order valence-electron chi connectivity index (χ2n) is 4.93. The van der Waals surface area contributed by atoms with E-state index in [1.807, 2.05) is 13.8 Å². The van der Waals surface area contributed by atoms with Crippen LogP contribution in [0.3, 0.4) is 0 Å². The van der Waals surface area contributed by atoms with Crippen LogP contribution in [0.1, 0.15) is 48.3 Å². The highest BCUT2D eigenvalue weighted by Gasteiger charge is 2.14. The van der Waals surface area contributed by atoms with Crippen LogP contribution in [0, 0.1) is 11.3 Å². The molecule has 5 nitrogen and oxygen atoms in total. The maximum absolute atomic E-state index is 9.43. The summed E-state index contributed by atoms with van der Waals surface area (Å²) in [5, 5.41) is 24.3. The van der Waals surface area contributed by atoms with E-state index in [1.165, 1.54) is 0 Å². The number of aryl methyl sites for hydroxylation is 2. The summed E-state index contributed by atoms with van der Waals surface area (Å²) >= 11 is 1.70. The number of hydrogen-bond donors (Lipinski definition) is 1. The van der Waals surface area contributed by atoms with Gasteiger partial charge in [0.1, 0.15) is 11.6 Å². The van der Waals surface area contributed by atoms with Crippen molar-refractivity contribution in [1.82, 2.24) is 15.2 Å². The largest absolute Gasteiger partial charge is 0.367 e. The number of nitrogens with one attached hydrogen (secondary N) is 1. The van der Waals surface area contributed by atoms with Crippen LogP contribution in [0.25, 0.3) is 0 Å². The molecule has 0 aliphatic carbocycles. The number of hydrogen-bond acceptors (Lipinski definition) is 6. The Morgan fingerprint density at radius 2 is 2.00 bits per heavy atom. The minimum atomic E-state index is 0.586. The minimum absolute atomic E-state index is 0.586. The summed E-state index contributed by atoms with van der Waals surface area (Å²) in [5.74, 6) is 0.586. The SMILES string of the molecule is CCc1nc(CCNc2nnc(CC)c(CC)c2C#N)cs1. The molecule has 0 fully saturated rings. The zero-order valence-corrected chi connectivity index (χ0v) is 14.1. The fourth-order valence-electron chi connectivity index (χ4n) is 2.35. The molecule has 22 heavy (non-hydrogen) atoms. The lowest BCUT2D eigenvalue weighted by atomic mass is 10.0. The van der Waals surface area contributed by atoms with E-state index in [1.54, 1.807) is 11.3 Å². The summed E-state index contributed by atoms with van der Waals surface area (Å²) < 4.78 is 0. The molecule has 116 valence electrons. The van der Waals surface area contributed by atoms with E-state index in [2.05, 4.69) is 38.9 Å². The number of anilines is 1. The molecule has 2 heterocycles. The van der Waals surface area contributed by atoms with Crippen molar-refractivity contribution in [3.8, 4) is 6.07 Å². The first-order valence-electron chi connectivity index (χ1n) is 7.69. The van der Waals surface area contributed by atoms with E-state index < -0.39 is 0 Å². The number of rotatable bonds is 7. The van der Waals surface area contributed by atoms with Crippen molar-refractivity contribution >= 4 is 17.2 Å². The molecule has 0 atom stereocenters. The van der Waals surface area contributed by atoms with Gasteiger partial charge >= 0.3 is 0 Å². The van der Waals surface area contributed by atoms with Crippen molar-refractivity contribution in [2.45, 2.75) is 46.5 Å². The molecule has 2 aromatic rings. The van der Waals surface area contributed by atoms with E-state index in [4.69, 9.17) is 0 Å². The van der Waals surface area contributed by atoms with Crippen LogP contribution in [0.2, 0.25) is 0 Å². The fourth-order valence-corrected chi connectivity index (χ4v) is 3.13. The van der Waals surface area contributed by atoms with Crippen LogP contribution in [-0.4, -0.2) is 21.7 Å². The first-order chi connectivity index (χ1) is 10.7. The van der Waals surface area contributed by atoms with Crippen molar-refractivity contribution in [1.29, 1.82) is 5.26 Å². The van der Waals surface area contributed by atoms with Gasteiger partial charge in [-0.05, 0) is 24.8 Å². The molecule has 0 saturated heterocycles. The minimum Gasteiger partial charge on any atom is -0.367 e. The van der Waals surface area contributed by atoms with Gasteiger partial charge < -0.3 is 5.32 Å². The van der Waals surface area contributed by atoms with Crippen LogP contribution < -0.4 is 5.32 Å². The summed E-state index contributed by atoms with van der Waals surface area (Å²) in [6.07, 6.45) is 3.38. The lowest BCUT2D eigenvalue weighted by Gasteiger charge is -2.11. The molecule has 0 unspecified atom stereocenters. The van der Waals surface area contributed by atoms with Gasteiger partial charge in [-0.2, -0.15) is 10.4 Å². The fraction of sp³-hybridized carbons (Fsp3) is 0.500. The summed E-state index contributed by atoms with van der Waals surface area (Å²) in [4.78, 5) is 4.54. The highest BCUT2D eigenvalue weighted by atomic mass is 32.1. The van der Waals surface area contributed by atoms with Crippen LogP contribution >= 0.6 is 11.3 Å². The van der Waals surface area contributed by atoms with Gasteiger partial charge in [-0.15, -0.1) is 16.4 Å². The first kappa shape index (κ1) is 16.4. The molecule has 2 aromatic heterocycles. The lowest BCUT2D eigenvalue weighted by Crippen LogP contribution is -2.12. The number of aromatic nitrogens is 3. The normalized spacial score (nSPS) is 10.5. The number of thiazole rings is 1. The molecule has 0 amide bonds. The summed E-state index contributed by atoms with van der Waals surface area (Å²) in [5.41, 5.74) is 3.63. The van der Waals surface area contributed by atoms with Crippen molar-refractivity contribution < 1.29 is 0 Å². The maximum atomic E-state index is 9.43. The Balaban J connectivity index is 2.08. The molecule has 0 aliphatic heterocycles.